The SMILES string of the molecule is COC(=O)c1ccc(NC(=O)NC(=S)c2cccc3ccccc23)cc1. The topological polar surface area (TPSA) is 67.4 Å². The first-order valence-corrected chi connectivity index (χ1v) is 8.28. The molecular weight excluding hydrogens is 348 g/mol. The van der Waals surface area contributed by atoms with Crippen LogP contribution >= 0.6 is 12.2 Å². The molecule has 3 aromatic rings. The molecule has 0 spiro atoms. The molecule has 0 aromatic heterocycles. The van der Waals surface area contributed by atoms with Crippen molar-refractivity contribution in [2.75, 3.05) is 12.4 Å². The second-order valence-electron chi connectivity index (χ2n) is 5.50. The molecule has 0 heterocycles. The first-order chi connectivity index (χ1) is 12.6. The number of methoxy groups -OCH3 is 1. The third-order valence-electron chi connectivity index (χ3n) is 3.83. The van der Waals surface area contributed by atoms with Crippen LogP contribution in [-0.2, 0) is 4.74 Å². The Labute approximate surface area is 156 Å². The minimum absolute atomic E-state index is 0.338. The highest BCUT2D eigenvalue weighted by atomic mass is 32.1. The average molecular weight is 364 g/mol. The molecule has 0 aliphatic rings. The second kappa shape index (κ2) is 7.76. The molecule has 130 valence electrons. The Morgan fingerprint density at radius 3 is 2.35 bits per heavy atom. The van der Waals surface area contributed by atoms with Gasteiger partial charge in [-0.15, -0.1) is 0 Å². The molecule has 2 amide bonds. The van der Waals surface area contributed by atoms with Crippen molar-refractivity contribution in [3.63, 3.8) is 0 Å². The normalized spacial score (nSPS) is 10.2. The van der Waals surface area contributed by atoms with Crippen LogP contribution in [0.1, 0.15) is 15.9 Å². The fourth-order valence-corrected chi connectivity index (χ4v) is 2.83. The summed E-state index contributed by atoms with van der Waals surface area (Å²) in [5.74, 6) is -0.432. The van der Waals surface area contributed by atoms with Crippen LogP contribution in [0.2, 0.25) is 0 Å². The van der Waals surface area contributed by atoms with Crippen LogP contribution in [-0.4, -0.2) is 24.1 Å². The highest BCUT2D eigenvalue weighted by Gasteiger charge is 2.10. The molecule has 3 aromatic carbocycles. The maximum absolute atomic E-state index is 12.2. The van der Waals surface area contributed by atoms with Crippen LogP contribution in [0.5, 0.6) is 0 Å². The van der Waals surface area contributed by atoms with Gasteiger partial charge in [0.1, 0.15) is 4.99 Å². The van der Waals surface area contributed by atoms with Crippen molar-refractivity contribution < 1.29 is 14.3 Å². The molecule has 6 heteroatoms. The van der Waals surface area contributed by atoms with Gasteiger partial charge in [0, 0.05) is 11.3 Å². The van der Waals surface area contributed by atoms with Gasteiger partial charge >= 0.3 is 12.0 Å². The highest BCUT2D eigenvalue weighted by Crippen LogP contribution is 2.19. The summed E-state index contributed by atoms with van der Waals surface area (Å²) >= 11 is 5.38. The lowest BCUT2D eigenvalue weighted by atomic mass is 10.0. The number of amides is 2. The number of nitrogens with one attached hydrogen (secondary N) is 2. The average Bonchev–Trinajstić information content (AvgIpc) is 2.67. The molecule has 26 heavy (non-hydrogen) atoms. The summed E-state index contributed by atoms with van der Waals surface area (Å²) in [6.07, 6.45) is 0. The van der Waals surface area contributed by atoms with Gasteiger partial charge in [0.25, 0.3) is 0 Å². The quantitative estimate of drug-likeness (QED) is 0.542. The van der Waals surface area contributed by atoms with Crippen molar-refractivity contribution in [3.05, 3.63) is 77.9 Å². The Bertz CT molecular complexity index is 979. The standard InChI is InChI=1S/C20H16N2O3S/c1-25-19(23)14-9-11-15(12-10-14)21-20(24)22-18(26)17-8-4-6-13-5-2-3-7-16(13)17/h2-12H,1H3,(H2,21,22,24,26). The number of carbonyl (C=O) groups is 2. The summed E-state index contributed by atoms with van der Waals surface area (Å²) in [5.41, 5.74) is 1.73. The van der Waals surface area contributed by atoms with Gasteiger partial charge < -0.3 is 10.1 Å². The molecule has 2 N–H and O–H groups in total. The number of rotatable bonds is 3. The van der Waals surface area contributed by atoms with Gasteiger partial charge in [-0.25, -0.2) is 9.59 Å². The molecule has 0 saturated carbocycles. The van der Waals surface area contributed by atoms with Crippen LogP contribution in [0.25, 0.3) is 10.8 Å². The summed E-state index contributed by atoms with van der Waals surface area (Å²) in [6.45, 7) is 0. The molecule has 0 bridgehead atoms. The number of urea groups is 1. The molecular formula is C20H16N2O3S. The fourth-order valence-electron chi connectivity index (χ4n) is 2.56. The smallest absolute Gasteiger partial charge is 0.337 e. The second-order valence-corrected chi connectivity index (χ2v) is 5.91. The number of fused-ring (bicyclic) bond motifs is 1. The molecule has 3 rings (SSSR count). The Kier molecular flexibility index (Phi) is 5.24. The summed E-state index contributed by atoms with van der Waals surface area (Å²) in [4.78, 5) is 24.0. The molecule has 0 saturated heterocycles. The molecule has 0 radical (unpaired) electrons. The van der Waals surface area contributed by atoms with Crippen molar-refractivity contribution >= 4 is 45.7 Å². The van der Waals surface area contributed by atoms with E-state index in [9.17, 15) is 9.59 Å². The van der Waals surface area contributed by atoms with E-state index in [2.05, 4.69) is 15.4 Å². The van der Waals surface area contributed by atoms with Crippen molar-refractivity contribution in [2.24, 2.45) is 0 Å². The van der Waals surface area contributed by atoms with Crippen LogP contribution < -0.4 is 10.6 Å². The molecule has 0 aliphatic carbocycles. The maximum Gasteiger partial charge on any atom is 0.337 e. The van der Waals surface area contributed by atoms with Crippen molar-refractivity contribution in [1.82, 2.24) is 5.32 Å². The van der Waals surface area contributed by atoms with Gasteiger partial charge in [0.15, 0.2) is 0 Å². The molecule has 0 atom stereocenters. The Morgan fingerprint density at radius 2 is 1.62 bits per heavy atom. The van der Waals surface area contributed by atoms with Gasteiger partial charge in [-0.05, 0) is 35.0 Å². The van der Waals surface area contributed by atoms with E-state index in [0.29, 0.717) is 16.2 Å². The van der Waals surface area contributed by atoms with Crippen molar-refractivity contribution in [3.8, 4) is 0 Å². The number of thiocarbonyl (C=S) groups is 1. The van der Waals surface area contributed by atoms with E-state index in [-0.39, 0.29) is 0 Å². The Balaban J connectivity index is 1.69. The number of ether oxygens (including phenoxy) is 1. The van der Waals surface area contributed by atoms with Gasteiger partial charge in [-0.3, -0.25) is 5.32 Å². The van der Waals surface area contributed by atoms with Crippen molar-refractivity contribution in [2.45, 2.75) is 0 Å². The minimum atomic E-state index is -0.450. The number of carbonyl (C=O) groups excluding carboxylic acids is 2. The highest BCUT2D eigenvalue weighted by molar-refractivity contribution is 7.80. The number of anilines is 1. The minimum Gasteiger partial charge on any atom is -0.465 e. The van der Waals surface area contributed by atoms with E-state index >= 15 is 0 Å². The third kappa shape index (κ3) is 3.87. The first kappa shape index (κ1) is 17.6. The largest absolute Gasteiger partial charge is 0.465 e. The predicted molar refractivity (Wildman–Crippen MR) is 106 cm³/mol. The third-order valence-corrected chi connectivity index (χ3v) is 4.15. The van der Waals surface area contributed by atoms with Gasteiger partial charge in [0.05, 0.1) is 12.7 Å². The predicted octanol–water partition coefficient (Wildman–Crippen LogP) is 4.12. The number of hydrogen-bond donors (Lipinski definition) is 2. The lowest BCUT2D eigenvalue weighted by Gasteiger charge is -2.11. The summed E-state index contributed by atoms with van der Waals surface area (Å²) in [5, 5.41) is 7.38. The van der Waals surface area contributed by atoms with Gasteiger partial charge in [-0.2, -0.15) is 0 Å². The van der Waals surface area contributed by atoms with E-state index in [1.165, 1.54) is 7.11 Å². The molecule has 0 aliphatic heterocycles. The van der Waals surface area contributed by atoms with Gasteiger partial charge in [-0.1, -0.05) is 54.7 Å². The van der Waals surface area contributed by atoms with E-state index in [1.54, 1.807) is 24.3 Å². The molecule has 0 fully saturated rings. The van der Waals surface area contributed by atoms with E-state index < -0.39 is 12.0 Å². The van der Waals surface area contributed by atoms with Gasteiger partial charge in [0.2, 0.25) is 0 Å². The Morgan fingerprint density at radius 1 is 0.923 bits per heavy atom. The zero-order valence-corrected chi connectivity index (χ0v) is 14.8. The van der Waals surface area contributed by atoms with Crippen LogP contribution in [0.3, 0.4) is 0 Å². The number of benzene rings is 3. The van der Waals surface area contributed by atoms with E-state index in [4.69, 9.17) is 12.2 Å². The van der Waals surface area contributed by atoms with Crippen LogP contribution in [0.15, 0.2) is 66.7 Å². The number of esters is 1. The monoisotopic (exact) mass is 364 g/mol. The lowest BCUT2D eigenvalue weighted by Crippen LogP contribution is -2.33. The molecule has 5 nitrogen and oxygen atoms in total. The zero-order chi connectivity index (χ0) is 18.5. The Hall–Kier alpha value is -3.25. The maximum atomic E-state index is 12.2. The van der Waals surface area contributed by atoms with Crippen LogP contribution in [0, 0.1) is 0 Å². The zero-order valence-electron chi connectivity index (χ0n) is 14.0. The lowest BCUT2D eigenvalue weighted by molar-refractivity contribution is 0.0601. The first-order valence-electron chi connectivity index (χ1n) is 7.87. The molecule has 0 unspecified atom stereocenters. The van der Waals surface area contributed by atoms with E-state index in [1.807, 2.05) is 42.5 Å². The summed E-state index contributed by atoms with van der Waals surface area (Å²) < 4.78 is 4.64. The fraction of sp³-hybridized carbons (Fsp3) is 0.0500. The number of hydrogen-bond acceptors (Lipinski definition) is 4. The summed E-state index contributed by atoms with van der Waals surface area (Å²) in [7, 11) is 1.32. The summed E-state index contributed by atoms with van der Waals surface area (Å²) in [6, 6.07) is 19.5. The van der Waals surface area contributed by atoms with Crippen molar-refractivity contribution in [1.29, 1.82) is 0 Å². The van der Waals surface area contributed by atoms with Crippen LogP contribution in [0.4, 0.5) is 10.5 Å². The van der Waals surface area contributed by atoms with E-state index in [0.717, 1.165) is 16.3 Å².